The quantitative estimate of drug-likeness (QED) is 0.486. The van der Waals surface area contributed by atoms with Crippen LogP contribution in [0.2, 0.25) is 0 Å². The van der Waals surface area contributed by atoms with Gasteiger partial charge >= 0.3 is 6.09 Å². The van der Waals surface area contributed by atoms with Gasteiger partial charge in [0.25, 0.3) is 0 Å². The van der Waals surface area contributed by atoms with Crippen molar-refractivity contribution in [3.63, 3.8) is 0 Å². The van der Waals surface area contributed by atoms with Crippen molar-refractivity contribution >= 4 is 6.09 Å². The molecule has 1 aliphatic rings. The third-order valence-electron chi connectivity index (χ3n) is 5.45. The number of unbranched alkanes of at least 4 members (excludes halogenated alkanes) is 2. The predicted octanol–water partition coefficient (Wildman–Crippen LogP) is 5.68. The van der Waals surface area contributed by atoms with E-state index in [2.05, 4.69) is 33.8 Å². The molecule has 1 aromatic carbocycles. The molecule has 2 atom stereocenters. The molecule has 2 rings (SSSR count). The van der Waals surface area contributed by atoms with Crippen molar-refractivity contribution in [2.45, 2.75) is 72.1 Å². The zero-order valence-electron chi connectivity index (χ0n) is 16.5. The molecule has 4 heteroatoms. The molecule has 0 fully saturated rings. The second-order valence-corrected chi connectivity index (χ2v) is 7.89. The fraction of sp³-hybridized carbons (Fsp3) is 0.591. The van der Waals surface area contributed by atoms with Crippen molar-refractivity contribution in [3.05, 3.63) is 34.9 Å². The Labute approximate surface area is 157 Å². The average Bonchev–Trinajstić information content (AvgIpc) is 2.54. The van der Waals surface area contributed by atoms with E-state index in [0.29, 0.717) is 23.1 Å². The van der Waals surface area contributed by atoms with Crippen LogP contribution in [0.25, 0.3) is 0 Å². The molecule has 0 saturated carbocycles. The lowest BCUT2D eigenvalue weighted by atomic mass is 9.71. The van der Waals surface area contributed by atoms with Crippen LogP contribution in [0.15, 0.2) is 23.8 Å². The van der Waals surface area contributed by atoms with Gasteiger partial charge in [-0.2, -0.15) is 0 Å². The number of amides is 1. The highest BCUT2D eigenvalue weighted by Gasteiger charge is 2.32. The molecule has 26 heavy (non-hydrogen) atoms. The summed E-state index contributed by atoms with van der Waals surface area (Å²) in [5.74, 6) is 1.51. The third-order valence-corrected chi connectivity index (χ3v) is 5.45. The van der Waals surface area contributed by atoms with Crippen LogP contribution in [0.1, 0.15) is 76.8 Å². The highest BCUT2D eigenvalue weighted by molar-refractivity contribution is 5.70. The number of phenolic OH excluding ortho intramolecular Hbond substituents is 1. The van der Waals surface area contributed by atoms with Crippen molar-refractivity contribution in [2.75, 3.05) is 0 Å². The van der Waals surface area contributed by atoms with Crippen molar-refractivity contribution in [3.8, 4) is 11.5 Å². The summed E-state index contributed by atoms with van der Waals surface area (Å²) in [7, 11) is 0. The molecule has 0 aromatic heterocycles. The molecule has 144 valence electrons. The molecule has 4 nitrogen and oxygen atoms in total. The van der Waals surface area contributed by atoms with Crippen molar-refractivity contribution in [2.24, 2.45) is 17.6 Å². The molecule has 1 aromatic rings. The van der Waals surface area contributed by atoms with Gasteiger partial charge in [-0.05, 0) is 62.1 Å². The molecule has 0 bridgehead atoms. The van der Waals surface area contributed by atoms with Crippen molar-refractivity contribution in [1.29, 1.82) is 0 Å². The van der Waals surface area contributed by atoms with Crippen LogP contribution < -0.4 is 10.5 Å². The molecule has 3 N–H and O–H groups in total. The smallest absolute Gasteiger partial charge is 0.409 e. The Morgan fingerprint density at radius 2 is 2.08 bits per heavy atom. The van der Waals surface area contributed by atoms with Crippen LogP contribution in [-0.4, -0.2) is 11.2 Å². The maximum Gasteiger partial charge on any atom is 0.409 e. The fourth-order valence-electron chi connectivity index (χ4n) is 4.05. The maximum absolute atomic E-state index is 11.5. The summed E-state index contributed by atoms with van der Waals surface area (Å²) < 4.78 is 5.34. The van der Waals surface area contributed by atoms with E-state index in [4.69, 9.17) is 10.5 Å². The van der Waals surface area contributed by atoms with Crippen molar-refractivity contribution in [1.82, 2.24) is 0 Å². The van der Waals surface area contributed by atoms with Crippen LogP contribution in [0.5, 0.6) is 11.5 Å². The number of hydrogen-bond donors (Lipinski definition) is 2. The van der Waals surface area contributed by atoms with Crippen LogP contribution in [0.4, 0.5) is 4.79 Å². The highest BCUT2D eigenvalue weighted by atomic mass is 16.5. The Morgan fingerprint density at radius 1 is 1.35 bits per heavy atom. The largest absolute Gasteiger partial charge is 0.507 e. The predicted molar refractivity (Wildman–Crippen MR) is 106 cm³/mol. The molecule has 0 unspecified atom stereocenters. The van der Waals surface area contributed by atoms with Gasteiger partial charge < -0.3 is 15.6 Å². The molecule has 0 aliphatic heterocycles. The van der Waals surface area contributed by atoms with E-state index < -0.39 is 6.09 Å². The topological polar surface area (TPSA) is 72.6 Å². The van der Waals surface area contributed by atoms with Gasteiger partial charge in [-0.1, -0.05) is 45.3 Å². The molecular weight excluding hydrogens is 326 g/mol. The second-order valence-electron chi connectivity index (χ2n) is 7.89. The Hall–Kier alpha value is -1.97. The van der Waals surface area contributed by atoms with Gasteiger partial charge in [-0.25, -0.2) is 4.79 Å². The maximum atomic E-state index is 11.5. The van der Waals surface area contributed by atoms with Crippen LogP contribution in [0, 0.1) is 11.8 Å². The number of allylic oxidation sites excluding steroid dienone is 2. The number of primary amides is 1. The minimum atomic E-state index is -0.839. The summed E-state index contributed by atoms with van der Waals surface area (Å²) in [6.45, 7) is 8.69. The third kappa shape index (κ3) is 5.03. The normalized spacial score (nSPS) is 20.1. The van der Waals surface area contributed by atoms with E-state index in [0.717, 1.165) is 44.1 Å². The van der Waals surface area contributed by atoms with Gasteiger partial charge in [-0.15, -0.1) is 0 Å². The van der Waals surface area contributed by atoms with Crippen LogP contribution in [0.3, 0.4) is 0 Å². The zero-order chi connectivity index (χ0) is 19.3. The molecule has 0 heterocycles. The number of aromatic hydroxyl groups is 1. The SMILES string of the molecule is CCCCCc1cc(O)c([C@@H]2C=C(C)CC[C@H]2C(C)C)c(OC(N)=O)c1. The Kier molecular flexibility index (Phi) is 7.13. The number of aryl methyl sites for hydroxylation is 1. The Bertz CT molecular complexity index is 664. The Morgan fingerprint density at radius 3 is 2.69 bits per heavy atom. The molecule has 0 saturated heterocycles. The van der Waals surface area contributed by atoms with E-state index in [-0.39, 0.29) is 11.7 Å². The van der Waals surface area contributed by atoms with Gasteiger partial charge in [0.1, 0.15) is 11.5 Å². The number of nitrogens with two attached hydrogens (primary N) is 1. The lowest BCUT2D eigenvalue weighted by Gasteiger charge is -2.34. The summed E-state index contributed by atoms with van der Waals surface area (Å²) in [5, 5.41) is 10.8. The average molecular weight is 360 g/mol. The monoisotopic (exact) mass is 359 g/mol. The molecule has 0 radical (unpaired) electrons. The summed E-state index contributed by atoms with van der Waals surface area (Å²) >= 11 is 0. The number of carbonyl (C=O) groups excluding carboxylic acids is 1. The van der Waals surface area contributed by atoms with Gasteiger partial charge in [0.2, 0.25) is 0 Å². The summed E-state index contributed by atoms with van der Waals surface area (Å²) in [6, 6.07) is 3.71. The first-order valence-electron chi connectivity index (χ1n) is 9.83. The number of ether oxygens (including phenoxy) is 1. The first-order chi connectivity index (χ1) is 12.3. The van der Waals surface area contributed by atoms with Crippen LogP contribution >= 0.6 is 0 Å². The Balaban J connectivity index is 2.47. The summed E-state index contributed by atoms with van der Waals surface area (Å²) in [5.41, 5.74) is 8.29. The minimum Gasteiger partial charge on any atom is -0.507 e. The van der Waals surface area contributed by atoms with Gasteiger partial charge in [0.15, 0.2) is 0 Å². The lowest BCUT2D eigenvalue weighted by molar-refractivity contribution is 0.209. The van der Waals surface area contributed by atoms with Gasteiger partial charge in [-0.3, -0.25) is 0 Å². The summed E-state index contributed by atoms with van der Waals surface area (Å²) in [6.07, 6.45) is 7.68. The van der Waals surface area contributed by atoms with Crippen molar-refractivity contribution < 1.29 is 14.6 Å². The minimum absolute atomic E-state index is 0.0304. The number of hydrogen-bond acceptors (Lipinski definition) is 3. The molecule has 1 amide bonds. The van der Waals surface area contributed by atoms with Crippen LogP contribution in [-0.2, 0) is 6.42 Å². The number of phenols is 1. The molecule has 1 aliphatic carbocycles. The summed E-state index contributed by atoms with van der Waals surface area (Å²) in [4.78, 5) is 11.5. The standard InChI is InChI=1S/C22H33NO3/c1-5-6-7-8-16-12-19(24)21(20(13-16)26-22(23)25)18-11-15(4)9-10-17(18)14(2)3/h11-14,17-18,24H,5-10H2,1-4H3,(H2,23,25)/t17-,18+/m0/s1. The van der Waals surface area contributed by atoms with E-state index in [1.165, 1.54) is 5.57 Å². The number of benzene rings is 1. The lowest BCUT2D eigenvalue weighted by Crippen LogP contribution is -2.23. The van der Waals surface area contributed by atoms with Gasteiger partial charge in [0, 0.05) is 11.5 Å². The van der Waals surface area contributed by atoms with E-state index in [9.17, 15) is 9.90 Å². The first-order valence-corrected chi connectivity index (χ1v) is 9.83. The highest BCUT2D eigenvalue weighted by Crippen LogP contribution is 2.47. The van der Waals surface area contributed by atoms with E-state index in [1.54, 1.807) is 0 Å². The zero-order valence-corrected chi connectivity index (χ0v) is 16.5. The fourth-order valence-corrected chi connectivity index (χ4v) is 4.05. The van der Waals surface area contributed by atoms with E-state index in [1.807, 2.05) is 12.1 Å². The van der Waals surface area contributed by atoms with E-state index >= 15 is 0 Å². The first kappa shape index (κ1) is 20.3. The molecule has 0 spiro atoms. The van der Waals surface area contributed by atoms with Gasteiger partial charge in [0.05, 0.1) is 0 Å². The number of rotatable bonds is 7. The second kappa shape index (κ2) is 9.11. The number of carbonyl (C=O) groups is 1. The molecular formula is C22H33NO3.